The topological polar surface area (TPSA) is 0 Å². The molecule has 3 atom stereocenters. The van der Waals surface area contributed by atoms with Crippen LogP contribution in [0.3, 0.4) is 0 Å². The minimum atomic E-state index is 0.675. The van der Waals surface area contributed by atoms with E-state index in [0.29, 0.717) is 5.41 Å². The Morgan fingerprint density at radius 1 is 1.05 bits per heavy atom. The minimum absolute atomic E-state index is 0.675. The van der Waals surface area contributed by atoms with Crippen molar-refractivity contribution in [1.82, 2.24) is 0 Å². The van der Waals surface area contributed by atoms with Crippen LogP contribution >= 0.6 is 0 Å². The zero-order valence-electron chi connectivity index (χ0n) is 12.7. The first-order chi connectivity index (χ1) is 9.09. The van der Waals surface area contributed by atoms with Crippen molar-refractivity contribution < 1.29 is 0 Å². The van der Waals surface area contributed by atoms with E-state index in [9.17, 15) is 0 Å². The largest absolute Gasteiger partial charge is 0.0625 e. The molecule has 0 heteroatoms. The molecule has 104 valence electrons. The monoisotopic (exact) mass is 256 g/mol. The van der Waals surface area contributed by atoms with E-state index in [1.807, 2.05) is 0 Å². The zero-order chi connectivity index (χ0) is 13.5. The molecule has 2 saturated carbocycles. The van der Waals surface area contributed by atoms with E-state index in [2.05, 4.69) is 51.1 Å². The van der Waals surface area contributed by atoms with Gasteiger partial charge in [-0.25, -0.2) is 0 Å². The molecule has 19 heavy (non-hydrogen) atoms. The van der Waals surface area contributed by atoms with Crippen LogP contribution in [0.4, 0.5) is 0 Å². The van der Waals surface area contributed by atoms with Crippen molar-refractivity contribution in [2.24, 2.45) is 23.2 Å². The van der Waals surface area contributed by atoms with Crippen LogP contribution in [0.25, 0.3) is 0 Å². The predicted molar refractivity (Wildman–Crippen MR) is 82.2 cm³/mol. The highest BCUT2D eigenvalue weighted by Crippen LogP contribution is 2.61. The smallest absolute Gasteiger partial charge is 0.0185 e. The molecule has 3 unspecified atom stereocenters. The van der Waals surface area contributed by atoms with Crippen LogP contribution in [0.5, 0.6) is 0 Å². The molecule has 3 rings (SSSR count). The number of hydrogen-bond donors (Lipinski definition) is 0. The first kappa shape index (κ1) is 13.2. The number of hydrogen-bond acceptors (Lipinski definition) is 0. The van der Waals surface area contributed by atoms with Crippen LogP contribution in [0.15, 0.2) is 30.3 Å². The van der Waals surface area contributed by atoms with Gasteiger partial charge in [0.05, 0.1) is 0 Å². The maximum absolute atomic E-state index is 2.47. The van der Waals surface area contributed by atoms with Crippen LogP contribution in [0, 0.1) is 23.2 Å². The molecule has 2 aliphatic carbocycles. The molecule has 0 saturated heterocycles. The standard InChI is InChI=1S/C19H28/c1-14-9-18-10-15(2)12-19(18,11-14)13-16(3)17-7-5-4-6-8-17/h4-8,14-16,18H,9-13H2,1-3H3. The highest BCUT2D eigenvalue weighted by molar-refractivity contribution is 5.20. The van der Waals surface area contributed by atoms with Gasteiger partial charge in [-0.05, 0) is 66.8 Å². The van der Waals surface area contributed by atoms with Crippen molar-refractivity contribution in [1.29, 1.82) is 0 Å². The van der Waals surface area contributed by atoms with Crippen LogP contribution in [0.2, 0.25) is 0 Å². The van der Waals surface area contributed by atoms with E-state index in [1.165, 1.54) is 37.7 Å². The molecule has 0 N–H and O–H groups in total. The Morgan fingerprint density at radius 3 is 2.21 bits per heavy atom. The van der Waals surface area contributed by atoms with Gasteiger partial charge in [-0.2, -0.15) is 0 Å². The molecule has 2 fully saturated rings. The Balaban J connectivity index is 1.77. The average molecular weight is 256 g/mol. The van der Waals surface area contributed by atoms with Crippen LogP contribution < -0.4 is 0 Å². The quantitative estimate of drug-likeness (QED) is 0.656. The molecular weight excluding hydrogens is 228 g/mol. The fourth-order valence-electron chi connectivity index (χ4n) is 5.38. The normalized spacial score (nSPS) is 39.2. The summed E-state index contributed by atoms with van der Waals surface area (Å²) < 4.78 is 0. The summed E-state index contributed by atoms with van der Waals surface area (Å²) in [5.74, 6) is 3.66. The fourth-order valence-corrected chi connectivity index (χ4v) is 5.38. The second-order valence-electron chi connectivity index (χ2n) is 7.67. The van der Waals surface area contributed by atoms with Crippen molar-refractivity contribution >= 4 is 0 Å². The fraction of sp³-hybridized carbons (Fsp3) is 0.684. The van der Waals surface area contributed by atoms with Crippen molar-refractivity contribution in [2.75, 3.05) is 0 Å². The Hall–Kier alpha value is -0.780. The Labute approximate surface area is 118 Å². The van der Waals surface area contributed by atoms with Gasteiger partial charge in [0, 0.05) is 0 Å². The van der Waals surface area contributed by atoms with Gasteiger partial charge in [0.1, 0.15) is 0 Å². The first-order valence-corrected chi connectivity index (χ1v) is 8.14. The van der Waals surface area contributed by atoms with Gasteiger partial charge in [0.15, 0.2) is 0 Å². The minimum Gasteiger partial charge on any atom is -0.0625 e. The molecule has 0 nitrogen and oxygen atoms in total. The molecular formula is C19H28. The summed E-state index contributed by atoms with van der Waals surface area (Å²) in [6.07, 6.45) is 7.37. The second kappa shape index (κ2) is 4.96. The van der Waals surface area contributed by atoms with Gasteiger partial charge < -0.3 is 0 Å². The summed E-state index contributed by atoms with van der Waals surface area (Å²) in [6.45, 7) is 7.38. The maximum Gasteiger partial charge on any atom is -0.0185 e. The van der Waals surface area contributed by atoms with Crippen LogP contribution in [-0.4, -0.2) is 0 Å². The third-order valence-electron chi connectivity index (χ3n) is 5.83. The van der Waals surface area contributed by atoms with E-state index in [-0.39, 0.29) is 0 Å². The van der Waals surface area contributed by atoms with E-state index >= 15 is 0 Å². The maximum atomic E-state index is 2.47. The molecule has 0 spiro atoms. The lowest BCUT2D eigenvalue weighted by Gasteiger charge is -2.33. The van der Waals surface area contributed by atoms with Gasteiger partial charge in [0.25, 0.3) is 0 Å². The SMILES string of the molecule is CC1CC2CC(C)CC2(CC(C)c2ccccc2)C1. The highest BCUT2D eigenvalue weighted by Gasteiger charge is 2.51. The lowest BCUT2D eigenvalue weighted by atomic mass is 9.72. The van der Waals surface area contributed by atoms with E-state index in [4.69, 9.17) is 0 Å². The van der Waals surface area contributed by atoms with Crippen LogP contribution in [0.1, 0.15) is 64.4 Å². The van der Waals surface area contributed by atoms with Crippen molar-refractivity contribution in [3.63, 3.8) is 0 Å². The van der Waals surface area contributed by atoms with E-state index < -0.39 is 0 Å². The molecule has 0 amide bonds. The molecule has 0 aliphatic heterocycles. The van der Waals surface area contributed by atoms with Gasteiger partial charge in [-0.1, -0.05) is 51.1 Å². The number of rotatable bonds is 3. The molecule has 1 aromatic carbocycles. The third-order valence-corrected chi connectivity index (χ3v) is 5.83. The summed E-state index contributed by atoms with van der Waals surface area (Å²) in [6, 6.07) is 11.1. The summed E-state index contributed by atoms with van der Waals surface area (Å²) in [5.41, 5.74) is 2.21. The van der Waals surface area contributed by atoms with Gasteiger partial charge in [0.2, 0.25) is 0 Å². The molecule has 2 aliphatic rings. The summed E-state index contributed by atoms with van der Waals surface area (Å²) in [5, 5.41) is 0. The van der Waals surface area contributed by atoms with Crippen LogP contribution in [-0.2, 0) is 0 Å². The molecule has 0 bridgehead atoms. The van der Waals surface area contributed by atoms with Gasteiger partial charge in [-0.3, -0.25) is 0 Å². The number of benzene rings is 1. The number of fused-ring (bicyclic) bond motifs is 1. The van der Waals surface area contributed by atoms with Crippen molar-refractivity contribution in [3.8, 4) is 0 Å². The molecule has 0 radical (unpaired) electrons. The Kier molecular flexibility index (Phi) is 3.45. The molecule has 0 aromatic heterocycles. The second-order valence-corrected chi connectivity index (χ2v) is 7.67. The molecule has 1 aromatic rings. The highest BCUT2D eigenvalue weighted by atomic mass is 14.6. The predicted octanol–water partition coefficient (Wildman–Crippen LogP) is 5.64. The lowest BCUT2D eigenvalue weighted by molar-refractivity contribution is 0.199. The van der Waals surface area contributed by atoms with Gasteiger partial charge >= 0.3 is 0 Å². The average Bonchev–Trinajstić information content (AvgIpc) is 2.80. The van der Waals surface area contributed by atoms with Crippen molar-refractivity contribution in [2.45, 2.75) is 58.8 Å². The zero-order valence-corrected chi connectivity index (χ0v) is 12.7. The Morgan fingerprint density at radius 2 is 1.63 bits per heavy atom. The Bertz CT molecular complexity index is 405. The third kappa shape index (κ3) is 2.47. The van der Waals surface area contributed by atoms with Crippen molar-refractivity contribution in [3.05, 3.63) is 35.9 Å². The van der Waals surface area contributed by atoms with E-state index in [1.54, 1.807) is 0 Å². The molecule has 0 heterocycles. The van der Waals surface area contributed by atoms with E-state index in [0.717, 1.165) is 23.7 Å². The summed E-state index contributed by atoms with van der Waals surface area (Å²) >= 11 is 0. The summed E-state index contributed by atoms with van der Waals surface area (Å²) in [4.78, 5) is 0. The summed E-state index contributed by atoms with van der Waals surface area (Å²) in [7, 11) is 0. The lowest BCUT2D eigenvalue weighted by Crippen LogP contribution is -2.22. The first-order valence-electron chi connectivity index (χ1n) is 8.14. The van der Waals surface area contributed by atoms with Gasteiger partial charge in [-0.15, -0.1) is 0 Å².